The second-order valence-corrected chi connectivity index (χ2v) is 8.39. The summed E-state index contributed by atoms with van der Waals surface area (Å²) in [4.78, 5) is 0. The summed E-state index contributed by atoms with van der Waals surface area (Å²) in [5, 5.41) is 30.9. The fraction of sp³-hybridized carbons (Fsp3) is 0.800. The Kier molecular flexibility index (Phi) is 5.76. The molecule has 1 unspecified atom stereocenters. The van der Waals surface area contributed by atoms with E-state index in [9.17, 15) is 15.3 Å². The average molecular weight is 322 g/mol. The van der Waals surface area contributed by atoms with E-state index >= 15 is 0 Å². The first kappa shape index (κ1) is 18.7. The molecule has 0 saturated heterocycles. The monoisotopic (exact) mass is 322 g/mol. The molecule has 3 N–H and O–H groups in total. The van der Waals surface area contributed by atoms with E-state index in [1.165, 1.54) is 11.1 Å². The van der Waals surface area contributed by atoms with E-state index in [1.54, 1.807) is 13.8 Å². The van der Waals surface area contributed by atoms with Gasteiger partial charge in [0, 0.05) is 5.92 Å². The molecule has 2 rings (SSSR count). The van der Waals surface area contributed by atoms with Crippen LogP contribution in [0.4, 0.5) is 0 Å². The Bertz CT molecular complexity index is 460. The Balaban J connectivity index is 2.03. The summed E-state index contributed by atoms with van der Waals surface area (Å²) in [5.41, 5.74) is 1.53. The number of allylic oxidation sites excluding steroid dienone is 2. The summed E-state index contributed by atoms with van der Waals surface area (Å²) >= 11 is 0. The van der Waals surface area contributed by atoms with Crippen LogP contribution in [0.1, 0.15) is 59.8 Å². The molecule has 0 aromatic carbocycles. The summed E-state index contributed by atoms with van der Waals surface area (Å²) in [6, 6.07) is 0. The lowest BCUT2D eigenvalue weighted by Crippen LogP contribution is -2.37. The summed E-state index contributed by atoms with van der Waals surface area (Å²) in [5.74, 6) is 1.18. The van der Waals surface area contributed by atoms with Crippen molar-refractivity contribution in [2.45, 2.75) is 77.6 Å². The Morgan fingerprint density at radius 2 is 2.00 bits per heavy atom. The molecule has 3 nitrogen and oxygen atoms in total. The second-order valence-electron chi connectivity index (χ2n) is 8.39. The quantitative estimate of drug-likeness (QED) is 0.680. The van der Waals surface area contributed by atoms with Crippen LogP contribution in [0.2, 0.25) is 0 Å². The van der Waals surface area contributed by atoms with E-state index in [4.69, 9.17) is 0 Å². The van der Waals surface area contributed by atoms with Crippen LogP contribution in [0.25, 0.3) is 0 Å². The lowest BCUT2D eigenvalue weighted by molar-refractivity contribution is -0.0562. The normalized spacial score (nSPS) is 34.6. The van der Waals surface area contributed by atoms with Gasteiger partial charge in [0.25, 0.3) is 0 Å². The van der Waals surface area contributed by atoms with E-state index in [1.807, 2.05) is 0 Å². The Labute approximate surface area is 141 Å². The highest BCUT2D eigenvalue weighted by Crippen LogP contribution is 2.47. The maximum atomic E-state index is 11.0. The zero-order valence-electron chi connectivity index (χ0n) is 15.1. The Morgan fingerprint density at radius 3 is 2.61 bits per heavy atom. The van der Waals surface area contributed by atoms with Crippen molar-refractivity contribution in [3.05, 3.63) is 23.8 Å². The third-order valence-electron chi connectivity index (χ3n) is 6.22. The number of rotatable bonds is 5. The summed E-state index contributed by atoms with van der Waals surface area (Å²) in [6.07, 6.45) is 5.58. The molecule has 0 amide bonds. The van der Waals surface area contributed by atoms with Crippen LogP contribution in [-0.4, -0.2) is 33.1 Å². The van der Waals surface area contributed by atoms with Gasteiger partial charge in [-0.05, 0) is 70.6 Å². The van der Waals surface area contributed by atoms with Crippen molar-refractivity contribution in [3.8, 4) is 0 Å². The molecule has 1 fully saturated rings. The Hall–Kier alpha value is -0.640. The van der Waals surface area contributed by atoms with Gasteiger partial charge in [0.1, 0.15) is 0 Å². The summed E-state index contributed by atoms with van der Waals surface area (Å²) < 4.78 is 0. The van der Waals surface area contributed by atoms with Crippen LogP contribution in [0.5, 0.6) is 0 Å². The highest BCUT2D eigenvalue weighted by Gasteiger charge is 2.42. The van der Waals surface area contributed by atoms with Gasteiger partial charge in [-0.2, -0.15) is 0 Å². The topological polar surface area (TPSA) is 60.7 Å². The summed E-state index contributed by atoms with van der Waals surface area (Å²) in [6.45, 7) is 11.9. The molecule has 0 heterocycles. The van der Waals surface area contributed by atoms with Crippen molar-refractivity contribution in [1.29, 1.82) is 0 Å². The zero-order chi connectivity index (χ0) is 17.4. The minimum atomic E-state index is -1.06. The van der Waals surface area contributed by atoms with E-state index in [0.29, 0.717) is 18.3 Å². The highest BCUT2D eigenvalue weighted by molar-refractivity contribution is 5.24. The van der Waals surface area contributed by atoms with Crippen LogP contribution >= 0.6 is 0 Å². The van der Waals surface area contributed by atoms with E-state index in [2.05, 4.69) is 26.5 Å². The molecule has 6 atom stereocenters. The third kappa shape index (κ3) is 4.07. The van der Waals surface area contributed by atoms with Crippen molar-refractivity contribution >= 4 is 0 Å². The van der Waals surface area contributed by atoms with Crippen LogP contribution in [0.3, 0.4) is 0 Å². The molecule has 0 bridgehead atoms. The second kappa shape index (κ2) is 7.08. The Morgan fingerprint density at radius 1 is 1.35 bits per heavy atom. The van der Waals surface area contributed by atoms with Gasteiger partial charge in [0.2, 0.25) is 0 Å². The van der Waals surface area contributed by atoms with Crippen molar-refractivity contribution < 1.29 is 15.3 Å². The standard InChI is InChI=1S/C20H34O3/c1-12-6-10-16(13(2)8-11-17(21)20(4,5)23)19(22)18-14(3)7-9-15(12)18/h7,13,15-19,21-23H,1,6,8-11H2,2-5H3/t13?,15-,16+,17-,18-,19-/m1/s1. The summed E-state index contributed by atoms with van der Waals surface area (Å²) in [7, 11) is 0. The van der Waals surface area contributed by atoms with Crippen LogP contribution in [0.15, 0.2) is 23.8 Å². The minimum absolute atomic E-state index is 0.219. The van der Waals surface area contributed by atoms with Crippen LogP contribution < -0.4 is 0 Å². The predicted octanol–water partition coefficient (Wildman–Crippen LogP) is 3.44. The van der Waals surface area contributed by atoms with Gasteiger partial charge in [0.15, 0.2) is 0 Å². The predicted molar refractivity (Wildman–Crippen MR) is 93.9 cm³/mol. The largest absolute Gasteiger partial charge is 0.392 e. The van der Waals surface area contributed by atoms with Gasteiger partial charge in [0.05, 0.1) is 17.8 Å². The van der Waals surface area contributed by atoms with Gasteiger partial charge in [-0.1, -0.05) is 30.7 Å². The molecule has 2 aliphatic rings. The number of aliphatic hydroxyl groups excluding tert-OH is 2. The van der Waals surface area contributed by atoms with Gasteiger partial charge in [-0.3, -0.25) is 0 Å². The molecule has 0 aromatic rings. The van der Waals surface area contributed by atoms with Crippen molar-refractivity contribution in [1.82, 2.24) is 0 Å². The van der Waals surface area contributed by atoms with Gasteiger partial charge >= 0.3 is 0 Å². The molecule has 0 aliphatic heterocycles. The highest BCUT2D eigenvalue weighted by atomic mass is 16.3. The van der Waals surface area contributed by atoms with Crippen LogP contribution in [0, 0.1) is 23.7 Å². The molecule has 0 spiro atoms. The number of aliphatic hydroxyl groups is 3. The van der Waals surface area contributed by atoms with E-state index < -0.39 is 11.7 Å². The molecule has 1 saturated carbocycles. The van der Waals surface area contributed by atoms with Crippen LogP contribution in [-0.2, 0) is 0 Å². The number of hydrogen-bond donors (Lipinski definition) is 3. The van der Waals surface area contributed by atoms with Gasteiger partial charge in [-0.15, -0.1) is 0 Å². The minimum Gasteiger partial charge on any atom is -0.392 e. The maximum absolute atomic E-state index is 11.0. The van der Waals surface area contributed by atoms with Crippen molar-refractivity contribution in [2.75, 3.05) is 0 Å². The number of fused-ring (bicyclic) bond motifs is 1. The lowest BCUT2D eigenvalue weighted by atomic mass is 9.76. The average Bonchev–Trinajstić information content (AvgIpc) is 2.79. The van der Waals surface area contributed by atoms with Crippen molar-refractivity contribution in [3.63, 3.8) is 0 Å². The fourth-order valence-corrected chi connectivity index (χ4v) is 4.42. The first-order chi connectivity index (χ1) is 10.6. The number of hydrogen-bond acceptors (Lipinski definition) is 3. The van der Waals surface area contributed by atoms with E-state index in [-0.39, 0.29) is 17.9 Å². The molecule has 23 heavy (non-hydrogen) atoms. The van der Waals surface area contributed by atoms with Gasteiger partial charge in [-0.25, -0.2) is 0 Å². The fourth-order valence-electron chi connectivity index (χ4n) is 4.42. The molecule has 0 aromatic heterocycles. The van der Waals surface area contributed by atoms with Gasteiger partial charge < -0.3 is 15.3 Å². The molecule has 2 aliphatic carbocycles. The molecule has 0 radical (unpaired) electrons. The molecule has 132 valence electrons. The maximum Gasteiger partial charge on any atom is 0.0849 e. The lowest BCUT2D eigenvalue weighted by Gasteiger charge is -2.34. The molecular weight excluding hydrogens is 288 g/mol. The SMILES string of the molecule is C=C1CC[C@@H](C(C)CC[C@@H](O)C(C)(C)O)[C@@H](O)[C@@H]2C(C)=CC[C@H]12. The smallest absolute Gasteiger partial charge is 0.0849 e. The first-order valence-corrected chi connectivity index (χ1v) is 9.05. The van der Waals surface area contributed by atoms with Crippen molar-refractivity contribution in [2.24, 2.45) is 23.7 Å². The van der Waals surface area contributed by atoms with E-state index in [0.717, 1.165) is 25.7 Å². The molecule has 3 heteroatoms. The zero-order valence-corrected chi connectivity index (χ0v) is 15.1. The third-order valence-corrected chi connectivity index (χ3v) is 6.22. The first-order valence-electron chi connectivity index (χ1n) is 9.05. The molecular formula is C20H34O3.